The second-order valence-electron chi connectivity index (χ2n) is 7.33. The fraction of sp³-hybridized carbons (Fsp3) is 0.240. The van der Waals surface area contributed by atoms with Gasteiger partial charge in [-0.15, -0.1) is 0 Å². The summed E-state index contributed by atoms with van der Waals surface area (Å²) >= 11 is 0. The van der Waals surface area contributed by atoms with Crippen molar-refractivity contribution in [1.82, 2.24) is 0 Å². The molecule has 0 radical (unpaired) electrons. The second-order valence-corrected chi connectivity index (χ2v) is 7.33. The van der Waals surface area contributed by atoms with Crippen molar-refractivity contribution >= 4 is 11.6 Å². The van der Waals surface area contributed by atoms with Gasteiger partial charge in [-0.25, -0.2) is 0 Å². The number of ether oxygens (including phenoxy) is 2. The Bertz CT molecular complexity index is 1040. The van der Waals surface area contributed by atoms with Crippen LogP contribution < -0.4 is 14.8 Å². The predicted octanol–water partition coefficient (Wildman–Crippen LogP) is 5.76. The first kappa shape index (κ1) is 20.5. The number of benzene rings is 3. The molecule has 0 aliphatic heterocycles. The summed E-state index contributed by atoms with van der Waals surface area (Å²) in [6.07, 6.45) is 0. The van der Waals surface area contributed by atoms with Crippen LogP contribution in [0.4, 0.5) is 5.69 Å². The van der Waals surface area contributed by atoms with E-state index in [2.05, 4.69) is 19.2 Å². The fourth-order valence-corrected chi connectivity index (χ4v) is 3.06. The third kappa shape index (κ3) is 4.96. The number of amides is 1. The van der Waals surface area contributed by atoms with Crippen LogP contribution in [-0.2, 0) is 6.61 Å². The molecule has 3 rings (SSSR count). The van der Waals surface area contributed by atoms with Crippen molar-refractivity contribution in [3.8, 4) is 11.5 Å². The number of anilines is 1. The molecule has 0 heterocycles. The molecule has 0 bridgehead atoms. The van der Waals surface area contributed by atoms with E-state index >= 15 is 0 Å². The molecule has 1 amide bonds. The Morgan fingerprint density at radius 3 is 2.34 bits per heavy atom. The lowest BCUT2D eigenvalue weighted by atomic mass is 10.1. The van der Waals surface area contributed by atoms with E-state index in [1.165, 1.54) is 11.1 Å². The van der Waals surface area contributed by atoms with Crippen molar-refractivity contribution in [3.05, 3.63) is 88.0 Å². The van der Waals surface area contributed by atoms with Gasteiger partial charge in [0.15, 0.2) is 0 Å². The molecule has 0 atom stereocenters. The molecule has 0 aromatic heterocycles. The van der Waals surface area contributed by atoms with E-state index in [-0.39, 0.29) is 5.91 Å². The van der Waals surface area contributed by atoms with Crippen LogP contribution in [0.1, 0.15) is 38.2 Å². The van der Waals surface area contributed by atoms with Gasteiger partial charge in [0, 0.05) is 16.8 Å². The van der Waals surface area contributed by atoms with E-state index in [0.29, 0.717) is 17.9 Å². The highest BCUT2D eigenvalue weighted by atomic mass is 16.5. The Morgan fingerprint density at radius 1 is 0.862 bits per heavy atom. The average Bonchev–Trinajstić information content (AvgIpc) is 2.71. The monoisotopic (exact) mass is 389 g/mol. The third-order valence-electron chi connectivity index (χ3n) is 5.06. The SMILES string of the molecule is COc1ccc(C(=O)Nc2cc(C)ccc2C)cc1COc1ccc(C)c(C)c1. The number of aryl methyl sites for hydroxylation is 4. The lowest BCUT2D eigenvalue weighted by Crippen LogP contribution is -2.13. The Morgan fingerprint density at radius 2 is 1.62 bits per heavy atom. The van der Waals surface area contributed by atoms with Crippen LogP contribution in [0.25, 0.3) is 0 Å². The lowest BCUT2D eigenvalue weighted by molar-refractivity contribution is 0.102. The zero-order valence-corrected chi connectivity index (χ0v) is 17.6. The van der Waals surface area contributed by atoms with Crippen LogP contribution in [0.5, 0.6) is 11.5 Å². The summed E-state index contributed by atoms with van der Waals surface area (Å²) in [4.78, 5) is 12.8. The van der Waals surface area contributed by atoms with Crippen LogP contribution >= 0.6 is 0 Å². The third-order valence-corrected chi connectivity index (χ3v) is 5.06. The maximum Gasteiger partial charge on any atom is 0.255 e. The normalized spacial score (nSPS) is 10.5. The number of hydrogen-bond donors (Lipinski definition) is 1. The second kappa shape index (κ2) is 8.82. The molecule has 1 N–H and O–H groups in total. The van der Waals surface area contributed by atoms with Crippen molar-refractivity contribution in [3.63, 3.8) is 0 Å². The van der Waals surface area contributed by atoms with Gasteiger partial charge < -0.3 is 14.8 Å². The van der Waals surface area contributed by atoms with Crippen LogP contribution in [0.3, 0.4) is 0 Å². The molecule has 150 valence electrons. The quantitative estimate of drug-likeness (QED) is 0.583. The molecule has 0 aliphatic rings. The summed E-state index contributed by atoms with van der Waals surface area (Å²) in [6.45, 7) is 8.42. The number of rotatable bonds is 6. The summed E-state index contributed by atoms with van der Waals surface area (Å²) in [5, 5.41) is 3.00. The van der Waals surface area contributed by atoms with Crippen molar-refractivity contribution in [2.24, 2.45) is 0 Å². The fourth-order valence-electron chi connectivity index (χ4n) is 3.06. The number of hydrogen-bond acceptors (Lipinski definition) is 3. The zero-order chi connectivity index (χ0) is 21.0. The standard InChI is InChI=1S/C25H27NO3/c1-16-6-7-18(3)23(12-16)26-25(27)20-9-11-24(28-5)21(14-20)15-29-22-10-8-17(2)19(4)13-22/h6-14H,15H2,1-5H3,(H,26,27). The maximum absolute atomic E-state index is 12.8. The Labute approximate surface area is 172 Å². The van der Waals surface area contributed by atoms with Gasteiger partial charge in [-0.1, -0.05) is 18.2 Å². The first-order valence-corrected chi connectivity index (χ1v) is 9.63. The molecule has 0 saturated carbocycles. The molecule has 4 heteroatoms. The minimum atomic E-state index is -0.159. The van der Waals surface area contributed by atoms with E-state index in [1.807, 2.05) is 56.3 Å². The van der Waals surface area contributed by atoms with Gasteiger partial charge in [-0.3, -0.25) is 4.79 Å². The topological polar surface area (TPSA) is 47.6 Å². The predicted molar refractivity (Wildman–Crippen MR) is 117 cm³/mol. The minimum Gasteiger partial charge on any atom is -0.496 e. The summed E-state index contributed by atoms with van der Waals surface area (Å²) in [5.74, 6) is 1.33. The first-order chi connectivity index (χ1) is 13.9. The highest BCUT2D eigenvalue weighted by Crippen LogP contribution is 2.24. The Hall–Kier alpha value is -3.27. The lowest BCUT2D eigenvalue weighted by Gasteiger charge is -2.14. The van der Waals surface area contributed by atoms with Crippen LogP contribution in [-0.4, -0.2) is 13.0 Å². The van der Waals surface area contributed by atoms with Gasteiger partial charge in [0.05, 0.1) is 7.11 Å². The van der Waals surface area contributed by atoms with E-state index in [9.17, 15) is 4.79 Å². The van der Waals surface area contributed by atoms with Gasteiger partial charge in [0.2, 0.25) is 0 Å². The van der Waals surface area contributed by atoms with Crippen molar-refractivity contribution < 1.29 is 14.3 Å². The van der Waals surface area contributed by atoms with Gasteiger partial charge in [-0.05, 0) is 86.3 Å². The molecule has 0 saturated heterocycles. The molecular formula is C25H27NO3. The summed E-state index contributed by atoms with van der Waals surface area (Å²) < 4.78 is 11.4. The largest absolute Gasteiger partial charge is 0.496 e. The molecule has 29 heavy (non-hydrogen) atoms. The van der Waals surface area contributed by atoms with Gasteiger partial charge in [-0.2, -0.15) is 0 Å². The molecule has 0 aliphatic carbocycles. The summed E-state index contributed by atoms with van der Waals surface area (Å²) in [7, 11) is 1.62. The van der Waals surface area contributed by atoms with Crippen LogP contribution in [0, 0.1) is 27.7 Å². The van der Waals surface area contributed by atoms with Gasteiger partial charge in [0.1, 0.15) is 18.1 Å². The van der Waals surface area contributed by atoms with Gasteiger partial charge >= 0.3 is 0 Å². The van der Waals surface area contributed by atoms with Crippen molar-refractivity contribution in [2.75, 3.05) is 12.4 Å². The molecular weight excluding hydrogens is 362 g/mol. The number of carbonyl (C=O) groups is 1. The zero-order valence-electron chi connectivity index (χ0n) is 17.6. The summed E-state index contributed by atoms with van der Waals surface area (Å²) in [5.41, 5.74) is 6.72. The Kier molecular flexibility index (Phi) is 6.23. The highest BCUT2D eigenvalue weighted by Gasteiger charge is 2.12. The van der Waals surface area contributed by atoms with E-state index in [4.69, 9.17) is 9.47 Å². The molecule has 3 aromatic rings. The number of methoxy groups -OCH3 is 1. The van der Waals surface area contributed by atoms with Crippen LogP contribution in [0.15, 0.2) is 54.6 Å². The molecule has 0 unspecified atom stereocenters. The van der Waals surface area contributed by atoms with Gasteiger partial charge in [0.25, 0.3) is 5.91 Å². The van der Waals surface area contributed by atoms with E-state index in [0.717, 1.165) is 28.1 Å². The molecule has 4 nitrogen and oxygen atoms in total. The average molecular weight is 389 g/mol. The Balaban J connectivity index is 1.79. The number of nitrogens with one attached hydrogen (secondary N) is 1. The molecule has 3 aromatic carbocycles. The van der Waals surface area contributed by atoms with Crippen molar-refractivity contribution in [2.45, 2.75) is 34.3 Å². The first-order valence-electron chi connectivity index (χ1n) is 9.63. The smallest absolute Gasteiger partial charge is 0.255 e. The van der Waals surface area contributed by atoms with E-state index in [1.54, 1.807) is 19.2 Å². The maximum atomic E-state index is 12.8. The molecule has 0 fully saturated rings. The van der Waals surface area contributed by atoms with E-state index < -0.39 is 0 Å². The molecule has 0 spiro atoms. The summed E-state index contributed by atoms with van der Waals surface area (Å²) in [6, 6.07) is 17.4. The van der Waals surface area contributed by atoms with Crippen molar-refractivity contribution in [1.29, 1.82) is 0 Å². The number of carbonyl (C=O) groups excluding carboxylic acids is 1. The van der Waals surface area contributed by atoms with Crippen LogP contribution in [0.2, 0.25) is 0 Å². The highest BCUT2D eigenvalue weighted by molar-refractivity contribution is 6.04. The minimum absolute atomic E-state index is 0.159.